The van der Waals surface area contributed by atoms with Crippen molar-refractivity contribution in [1.82, 2.24) is 10.6 Å². The highest BCUT2D eigenvalue weighted by molar-refractivity contribution is 5.81. The molecule has 0 aromatic heterocycles. The van der Waals surface area contributed by atoms with E-state index < -0.39 is 6.04 Å². The minimum Gasteiger partial charge on any atom is -0.351 e. The Labute approximate surface area is 66.5 Å². The third-order valence-corrected chi connectivity index (χ3v) is 1.75. The van der Waals surface area contributed by atoms with Crippen molar-refractivity contribution in [1.29, 1.82) is 0 Å². The average molecular weight is 156 g/mol. The topological polar surface area (TPSA) is 69.2 Å². The summed E-state index contributed by atoms with van der Waals surface area (Å²) in [6.45, 7) is 3.30. The second-order valence-electron chi connectivity index (χ2n) is 2.91. The molecule has 2 atom stereocenters. The molecule has 1 radical (unpaired) electrons. The molecular formula is C7H14N3O. The molecule has 0 saturated carbocycles. The van der Waals surface area contributed by atoms with Gasteiger partial charge in [-0.15, -0.1) is 0 Å². The standard InChI is InChI=1S/C7H14N3O/c1-5(8)7(11)10-6-2-3-9-4-6/h5-6H,2-4,8H2,1H3,(H,10,11). The molecule has 2 unspecified atom stereocenters. The van der Waals surface area contributed by atoms with E-state index in [2.05, 4.69) is 10.6 Å². The monoisotopic (exact) mass is 156 g/mol. The number of hydrogen-bond acceptors (Lipinski definition) is 2. The number of nitrogens with two attached hydrogens (primary N) is 1. The summed E-state index contributed by atoms with van der Waals surface area (Å²) in [4.78, 5) is 11.0. The minimum atomic E-state index is -0.407. The van der Waals surface area contributed by atoms with E-state index in [0.717, 1.165) is 19.5 Å². The number of nitrogens with one attached hydrogen (secondary N) is 1. The largest absolute Gasteiger partial charge is 0.351 e. The first kappa shape index (κ1) is 8.49. The molecule has 0 spiro atoms. The van der Waals surface area contributed by atoms with Crippen molar-refractivity contribution < 1.29 is 4.79 Å². The smallest absolute Gasteiger partial charge is 0.236 e. The van der Waals surface area contributed by atoms with Gasteiger partial charge < -0.3 is 11.1 Å². The van der Waals surface area contributed by atoms with Gasteiger partial charge in [-0.3, -0.25) is 4.79 Å². The van der Waals surface area contributed by atoms with Gasteiger partial charge >= 0.3 is 0 Å². The second kappa shape index (κ2) is 3.69. The zero-order chi connectivity index (χ0) is 8.27. The molecule has 1 fully saturated rings. The maximum atomic E-state index is 11.0. The van der Waals surface area contributed by atoms with Gasteiger partial charge in [0.1, 0.15) is 0 Å². The fourth-order valence-electron chi connectivity index (χ4n) is 1.04. The van der Waals surface area contributed by atoms with Crippen LogP contribution in [-0.4, -0.2) is 31.1 Å². The van der Waals surface area contributed by atoms with Gasteiger partial charge in [0.25, 0.3) is 0 Å². The van der Waals surface area contributed by atoms with Crippen LogP contribution in [0.3, 0.4) is 0 Å². The summed E-state index contributed by atoms with van der Waals surface area (Å²) >= 11 is 0. The number of hydrogen-bond donors (Lipinski definition) is 2. The number of rotatable bonds is 2. The molecule has 3 N–H and O–H groups in total. The molecule has 1 heterocycles. The average Bonchev–Trinajstić information content (AvgIpc) is 2.39. The van der Waals surface area contributed by atoms with E-state index in [4.69, 9.17) is 5.73 Å². The van der Waals surface area contributed by atoms with Crippen LogP contribution in [-0.2, 0) is 4.79 Å². The van der Waals surface area contributed by atoms with Crippen LogP contribution in [0.1, 0.15) is 13.3 Å². The van der Waals surface area contributed by atoms with Crippen LogP contribution in [0.2, 0.25) is 0 Å². The second-order valence-corrected chi connectivity index (χ2v) is 2.91. The van der Waals surface area contributed by atoms with Gasteiger partial charge in [0.15, 0.2) is 0 Å². The van der Waals surface area contributed by atoms with Gasteiger partial charge in [-0.25, -0.2) is 5.32 Å². The van der Waals surface area contributed by atoms with Gasteiger partial charge in [0.05, 0.1) is 6.04 Å². The Hall–Kier alpha value is -0.610. The number of amides is 1. The van der Waals surface area contributed by atoms with Crippen molar-refractivity contribution in [2.75, 3.05) is 13.1 Å². The van der Waals surface area contributed by atoms with E-state index in [0.29, 0.717) is 0 Å². The molecule has 1 saturated heterocycles. The Kier molecular flexibility index (Phi) is 2.84. The molecule has 63 valence electrons. The molecule has 1 rings (SSSR count). The van der Waals surface area contributed by atoms with Crippen LogP contribution in [0.25, 0.3) is 0 Å². The molecule has 0 bridgehead atoms. The van der Waals surface area contributed by atoms with E-state index in [9.17, 15) is 4.79 Å². The number of carbonyl (C=O) groups excluding carboxylic acids is 1. The minimum absolute atomic E-state index is 0.0768. The quantitative estimate of drug-likeness (QED) is 0.528. The lowest BCUT2D eigenvalue weighted by Gasteiger charge is -2.12. The van der Waals surface area contributed by atoms with Gasteiger partial charge in [0.2, 0.25) is 5.91 Å². The SMILES string of the molecule is CC(N)C(=O)NC1CC[N]C1. The Morgan fingerprint density at radius 1 is 1.82 bits per heavy atom. The maximum absolute atomic E-state index is 11.0. The van der Waals surface area contributed by atoms with Crippen molar-refractivity contribution in [2.45, 2.75) is 25.4 Å². The highest BCUT2D eigenvalue weighted by Gasteiger charge is 2.18. The van der Waals surface area contributed by atoms with Crippen molar-refractivity contribution >= 4 is 5.91 Å². The van der Waals surface area contributed by atoms with E-state index in [1.807, 2.05) is 0 Å². The highest BCUT2D eigenvalue weighted by atomic mass is 16.2. The highest BCUT2D eigenvalue weighted by Crippen LogP contribution is 1.98. The predicted molar refractivity (Wildman–Crippen MR) is 42.1 cm³/mol. The van der Waals surface area contributed by atoms with E-state index >= 15 is 0 Å². The van der Waals surface area contributed by atoms with Crippen molar-refractivity contribution in [3.63, 3.8) is 0 Å². The zero-order valence-electron chi connectivity index (χ0n) is 6.71. The van der Waals surface area contributed by atoms with Gasteiger partial charge in [-0.05, 0) is 13.3 Å². The van der Waals surface area contributed by atoms with E-state index in [1.165, 1.54) is 0 Å². The van der Waals surface area contributed by atoms with Crippen LogP contribution in [0, 0.1) is 0 Å². The first-order valence-corrected chi connectivity index (χ1v) is 3.89. The fraction of sp³-hybridized carbons (Fsp3) is 0.857. The van der Waals surface area contributed by atoms with E-state index in [-0.39, 0.29) is 11.9 Å². The molecule has 1 aliphatic rings. The van der Waals surface area contributed by atoms with Crippen LogP contribution >= 0.6 is 0 Å². The molecule has 4 heteroatoms. The number of nitrogens with zero attached hydrogens (tertiary/aromatic N) is 1. The summed E-state index contributed by atoms with van der Waals surface area (Å²) in [7, 11) is 0. The summed E-state index contributed by atoms with van der Waals surface area (Å²) in [6.07, 6.45) is 0.957. The predicted octanol–water partition coefficient (Wildman–Crippen LogP) is -1.17. The summed E-state index contributed by atoms with van der Waals surface area (Å²) in [5.74, 6) is -0.0768. The van der Waals surface area contributed by atoms with Crippen LogP contribution in [0.15, 0.2) is 0 Å². The Morgan fingerprint density at radius 2 is 2.55 bits per heavy atom. The molecule has 1 amide bonds. The normalized spacial score (nSPS) is 26.5. The van der Waals surface area contributed by atoms with Crippen molar-refractivity contribution in [3.05, 3.63) is 0 Å². The first-order chi connectivity index (χ1) is 5.20. The molecule has 0 aromatic carbocycles. The Bertz CT molecular complexity index is 141. The summed E-state index contributed by atoms with van der Waals surface area (Å²) in [5, 5.41) is 6.94. The molecule has 11 heavy (non-hydrogen) atoms. The lowest BCUT2D eigenvalue weighted by Crippen LogP contribution is -2.44. The van der Waals surface area contributed by atoms with E-state index in [1.54, 1.807) is 6.92 Å². The Balaban J connectivity index is 2.24. The lowest BCUT2D eigenvalue weighted by molar-refractivity contribution is -0.122. The van der Waals surface area contributed by atoms with Gasteiger partial charge in [-0.2, -0.15) is 0 Å². The van der Waals surface area contributed by atoms with Crippen LogP contribution in [0.4, 0.5) is 0 Å². The van der Waals surface area contributed by atoms with Crippen LogP contribution < -0.4 is 16.4 Å². The van der Waals surface area contributed by atoms with Gasteiger partial charge in [-0.1, -0.05) is 0 Å². The van der Waals surface area contributed by atoms with Crippen molar-refractivity contribution in [2.24, 2.45) is 5.73 Å². The molecular weight excluding hydrogens is 142 g/mol. The van der Waals surface area contributed by atoms with Crippen LogP contribution in [0.5, 0.6) is 0 Å². The third-order valence-electron chi connectivity index (χ3n) is 1.75. The van der Waals surface area contributed by atoms with Crippen molar-refractivity contribution in [3.8, 4) is 0 Å². The molecule has 1 aliphatic heterocycles. The Morgan fingerprint density at radius 3 is 3.00 bits per heavy atom. The summed E-state index contributed by atoms with van der Waals surface area (Å²) in [5.41, 5.74) is 5.37. The third kappa shape index (κ3) is 2.48. The first-order valence-electron chi connectivity index (χ1n) is 3.89. The molecule has 0 aromatic rings. The van der Waals surface area contributed by atoms with Gasteiger partial charge in [0, 0.05) is 19.1 Å². The fourth-order valence-corrected chi connectivity index (χ4v) is 1.04. The number of carbonyl (C=O) groups is 1. The molecule has 4 nitrogen and oxygen atoms in total. The summed E-state index contributed by atoms with van der Waals surface area (Å²) < 4.78 is 0. The lowest BCUT2D eigenvalue weighted by atomic mass is 10.2. The maximum Gasteiger partial charge on any atom is 0.236 e. The molecule has 0 aliphatic carbocycles. The zero-order valence-corrected chi connectivity index (χ0v) is 6.71. The summed E-state index contributed by atoms with van der Waals surface area (Å²) in [6, 6.07) is -0.177.